The van der Waals surface area contributed by atoms with Crippen LogP contribution in [-0.4, -0.2) is 106 Å². The summed E-state index contributed by atoms with van der Waals surface area (Å²) in [5.74, 6) is 2.70. The van der Waals surface area contributed by atoms with Crippen LogP contribution in [0.25, 0.3) is 0 Å². The van der Waals surface area contributed by atoms with Crippen molar-refractivity contribution in [2.24, 2.45) is 0 Å². The molecule has 4 atom stereocenters. The zero-order valence-corrected chi connectivity index (χ0v) is 45.7. The summed E-state index contributed by atoms with van der Waals surface area (Å²) in [6.07, 6.45) is 10.3. The first kappa shape index (κ1) is 58.8. The second kappa shape index (κ2) is 31.0. The number of ether oxygens (including phenoxy) is 3. The number of carbonyl (C=O) groups excluding carboxylic acids is 2. The lowest BCUT2D eigenvalue weighted by Crippen LogP contribution is -2.32. The Morgan fingerprint density at radius 3 is 1.47 bits per heavy atom. The van der Waals surface area contributed by atoms with Crippen LogP contribution in [0.4, 0.5) is 9.59 Å². The maximum atomic E-state index is 12.7. The van der Waals surface area contributed by atoms with Crippen LogP contribution >= 0.6 is 0 Å². The van der Waals surface area contributed by atoms with Gasteiger partial charge in [-0.05, 0) is 139 Å². The number of aromatic hydroxyl groups is 1. The van der Waals surface area contributed by atoms with E-state index in [1.165, 1.54) is 32.9 Å². The minimum atomic E-state index is -0.382. The number of nitrogens with zero attached hydrogens (tertiary/aromatic N) is 7. The number of amides is 1. The summed E-state index contributed by atoms with van der Waals surface area (Å²) in [6, 6.07) is 52.1. The quantitative estimate of drug-likeness (QED) is 0.0901. The molecule has 400 valence electrons. The van der Waals surface area contributed by atoms with E-state index >= 15 is 0 Å². The van der Waals surface area contributed by atoms with Gasteiger partial charge in [-0.3, -0.25) is 9.13 Å². The van der Waals surface area contributed by atoms with Crippen molar-refractivity contribution >= 4 is 12.1 Å². The molecular formula is C62H76N8O6. The molecule has 1 amide bonds. The van der Waals surface area contributed by atoms with Gasteiger partial charge in [-0.25, -0.2) is 19.6 Å². The van der Waals surface area contributed by atoms with E-state index in [9.17, 15) is 14.7 Å². The third-order valence-corrected chi connectivity index (χ3v) is 12.7. The number of nitrogens with one attached hydrogen (secondary N) is 1. The lowest BCUT2D eigenvalue weighted by Gasteiger charge is -2.24. The molecule has 0 unspecified atom stereocenters. The average molecular weight is 1030 g/mol. The summed E-state index contributed by atoms with van der Waals surface area (Å²) in [5, 5.41) is 12.4. The monoisotopic (exact) mass is 1030 g/mol. The van der Waals surface area contributed by atoms with Gasteiger partial charge in [0.25, 0.3) is 0 Å². The van der Waals surface area contributed by atoms with Crippen LogP contribution in [0.5, 0.6) is 23.0 Å². The van der Waals surface area contributed by atoms with E-state index < -0.39 is 0 Å². The molecule has 0 bridgehead atoms. The van der Waals surface area contributed by atoms with E-state index in [2.05, 4.69) is 88.3 Å². The van der Waals surface area contributed by atoms with Gasteiger partial charge in [-0.1, -0.05) is 121 Å². The molecule has 14 heteroatoms. The van der Waals surface area contributed by atoms with E-state index in [-0.39, 0.29) is 30.4 Å². The molecule has 6 aromatic carbocycles. The number of imidazole rings is 2. The molecule has 2 heterocycles. The molecule has 0 radical (unpaired) electrons. The number of aryl methyl sites for hydroxylation is 2. The first-order valence-corrected chi connectivity index (χ1v) is 25.5. The molecule has 2 N–H and O–H groups in total. The number of phenols is 1. The summed E-state index contributed by atoms with van der Waals surface area (Å²) in [4.78, 5) is 37.5. The highest BCUT2D eigenvalue weighted by Gasteiger charge is 2.20. The van der Waals surface area contributed by atoms with Gasteiger partial charge in [0.15, 0.2) is 0 Å². The molecule has 14 nitrogen and oxygen atoms in total. The molecule has 8 rings (SSSR count). The highest BCUT2D eigenvalue weighted by atomic mass is 16.6. The van der Waals surface area contributed by atoms with E-state index in [0.29, 0.717) is 30.5 Å². The number of hydrogen-bond donors (Lipinski definition) is 2. The standard InChI is InChI=1S/C28H34N2O3.C17H21NO.C10H15NO.C7H6N4O/c1-21-12-9-10-17-26(21)33-27(23-13-7-6-8-14-23)18-19-30(5)28(31)32-25-16-11-15-24(20-25)22(2)29(3)4;1-14-8-6-7-11-16(14)19-17(12-13-18-2)15-9-4-3-5-10-15;1-8(11(2)3)9-5-4-6-10(12)7-9;12-7(10-3-1-8-5-10)11-4-2-9-6-11/h6-17,20,22,27H,18-19H2,1-5H3;3-11,17-18H,12-13H2,1-2H3;4-8,12H,1-3H3;1-6H/t22-,27+;17-;8-;/m010./s1. The SMILES string of the molecule is CNCC[C@@H](Oc1ccccc1C)c1ccccc1.C[C@@H](c1cccc(O)c1)N(C)C.Cc1ccccc1O[C@H](CCN(C)C(=O)Oc1cccc([C@H](C)N(C)C)c1)c1ccccc1.O=C(n1ccnc1)n1ccnc1. The van der Waals surface area contributed by atoms with Crippen molar-refractivity contribution in [1.82, 2.24) is 39.1 Å². The van der Waals surface area contributed by atoms with Crippen LogP contribution in [0, 0.1) is 13.8 Å². The van der Waals surface area contributed by atoms with Crippen molar-refractivity contribution in [3.8, 4) is 23.0 Å². The summed E-state index contributed by atoms with van der Waals surface area (Å²) in [6.45, 7) is 9.77. The fraction of sp³-hybridized carbons (Fsp3) is 0.290. The Kier molecular flexibility index (Phi) is 24.0. The van der Waals surface area contributed by atoms with E-state index in [1.807, 2.05) is 145 Å². The smallest absolute Gasteiger partial charge is 0.414 e. The maximum absolute atomic E-state index is 12.7. The molecule has 0 aliphatic rings. The van der Waals surface area contributed by atoms with Crippen LogP contribution in [0.3, 0.4) is 0 Å². The summed E-state index contributed by atoms with van der Waals surface area (Å²) >= 11 is 0. The lowest BCUT2D eigenvalue weighted by molar-refractivity contribution is 0.145. The van der Waals surface area contributed by atoms with Gasteiger partial charge in [0, 0.05) is 63.3 Å². The normalized spacial score (nSPS) is 12.3. The van der Waals surface area contributed by atoms with E-state index in [0.717, 1.165) is 46.7 Å². The Balaban J connectivity index is 0.000000207. The molecule has 0 aliphatic carbocycles. The number of para-hydroxylation sites is 2. The minimum absolute atomic E-state index is 0.0924. The number of phenolic OH excluding ortho intramolecular Hbond substituents is 1. The van der Waals surface area contributed by atoms with Crippen molar-refractivity contribution in [2.75, 3.05) is 55.4 Å². The van der Waals surface area contributed by atoms with Gasteiger partial charge in [-0.2, -0.15) is 0 Å². The molecule has 0 fully saturated rings. The Hall–Kier alpha value is -8.04. The van der Waals surface area contributed by atoms with Crippen molar-refractivity contribution < 1.29 is 28.9 Å². The van der Waals surface area contributed by atoms with Gasteiger partial charge >= 0.3 is 12.1 Å². The maximum Gasteiger partial charge on any atom is 0.414 e. The molecular weight excluding hydrogens is 953 g/mol. The Bertz CT molecular complexity index is 2860. The number of rotatable bonds is 17. The third-order valence-electron chi connectivity index (χ3n) is 12.7. The zero-order chi connectivity index (χ0) is 54.8. The lowest BCUT2D eigenvalue weighted by atomic mass is 10.1. The predicted molar refractivity (Wildman–Crippen MR) is 303 cm³/mol. The number of benzene rings is 6. The van der Waals surface area contributed by atoms with Gasteiger partial charge in [0.1, 0.15) is 47.9 Å². The third kappa shape index (κ3) is 19.0. The molecule has 0 spiro atoms. The van der Waals surface area contributed by atoms with Gasteiger partial charge in [0.2, 0.25) is 0 Å². The Morgan fingerprint density at radius 1 is 0.579 bits per heavy atom. The van der Waals surface area contributed by atoms with Gasteiger partial charge in [0.05, 0.1) is 0 Å². The van der Waals surface area contributed by atoms with E-state index in [1.54, 1.807) is 48.9 Å². The minimum Gasteiger partial charge on any atom is -0.508 e. The first-order chi connectivity index (χ1) is 36.6. The first-order valence-electron chi connectivity index (χ1n) is 25.5. The molecule has 0 saturated carbocycles. The summed E-state index contributed by atoms with van der Waals surface area (Å²) in [5.41, 5.74) is 6.79. The molecule has 0 saturated heterocycles. The number of hydrogen-bond acceptors (Lipinski definition) is 11. The zero-order valence-electron chi connectivity index (χ0n) is 45.7. The van der Waals surface area contributed by atoms with Crippen molar-refractivity contribution in [2.45, 2.75) is 64.8 Å². The van der Waals surface area contributed by atoms with Gasteiger partial charge < -0.3 is 39.3 Å². The average Bonchev–Trinajstić information content (AvgIpc) is 4.19. The second-order valence-electron chi connectivity index (χ2n) is 18.7. The fourth-order valence-electron chi connectivity index (χ4n) is 7.56. The topological polar surface area (TPSA) is 139 Å². The van der Waals surface area contributed by atoms with Crippen LogP contribution in [0.2, 0.25) is 0 Å². The number of aromatic nitrogens is 4. The van der Waals surface area contributed by atoms with Crippen LogP contribution in [-0.2, 0) is 0 Å². The van der Waals surface area contributed by atoms with Crippen molar-refractivity contribution in [3.05, 3.63) is 229 Å². The summed E-state index contributed by atoms with van der Waals surface area (Å²) < 4.78 is 21.0. The van der Waals surface area contributed by atoms with E-state index in [4.69, 9.17) is 14.2 Å². The summed E-state index contributed by atoms with van der Waals surface area (Å²) in [7, 11) is 11.8. The Labute approximate surface area is 450 Å². The van der Waals surface area contributed by atoms with Crippen molar-refractivity contribution in [1.29, 1.82) is 0 Å². The highest BCUT2D eigenvalue weighted by molar-refractivity contribution is 5.78. The molecule has 8 aromatic rings. The molecule has 2 aromatic heterocycles. The van der Waals surface area contributed by atoms with Crippen molar-refractivity contribution in [3.63, 3.8) is 0 Å². The largest absolute Gasteiger partial charge is 0.508 e. The highest BCUT2D eigenvalue weighted by Crippen LogP contribution is 2.29. The fourth-order valence-corrected chi connectivity index (χ4v) is 7.56. The van der Waals surface area contributed by atoms with Gasteiger partial charge in [-0.15, -0.1) is 0 Å². The number of carbonyl (C=O) groups is 2. The van der Waals surface area contributed by atoms with Crippen LogP contribution in [0.15, 0.2) is 195 Å². The molecule has 76 heavy (non-hydrogen) atoms. The van der Waals surface area contributed by atoms with Crippen LogP contribution in [0.1, 0.15) is 84.4 Å². The predicted octanol–water partition coefficient (Wildman–Crippen LogP) is 12.6. The Morgan fingerprint density at radius 2 is 1.03 bits per heavy atom. The second-order valence-corrected chi connectivity index (χ2v) is 18.7. The molecule has 0 aliphatic heterocycles. The van der Waals surface area contributed by atoms with Crippen LogP contribution < -0.4 is 19.5 Å².